The third-order valence-corrected chi connectivity index (χ3v) is 6.74. The summed E-state index contributed by atoms with van der Waals surface area (Å²) < 4.78 is 76.7. The van der Waals surface area contributed by atoms with Crippen LogP contribution in [0.2, 0.25) is 0 Å². The minimum absolute atomic E-state index is 0.198. The van der Waals surface area contributed by atoms with Gasteiger partial charge in [-0.2, -0.15) is 26.3 Å². The zero-order valence-electron chi connectivity index (χ0n) is 23.1. The number of hydrogen-bond acceptors (Lipinski definition) is 7. The van der Waals surface area contributed by atoms with Gasteiger partial charge in [0.05, 0.1) is 5.41 Å². The number of likely N-dealkylation sites (tertiary alicyclic amines) is 1. The van der Waals surface area contributed by atoms with Gasteiger partial charge in [0.15, 0.2) is 0 Å². The summed E-state index contributed by atoms with van der Waals surface area (Å²) in [6, 6.07) is 8.52. The van der Waals surface area contributed by atoms with E-state index in [1.54, 1.807) is 17.3 Å². The quantitative estimate of drug-likeness (QED) is 0.490. The molecular weight excluding hydrogens is 595 g/mol. The van der Waals surface area contributed by atoms with Gasteiger partial charge >= 0.3 is 24.3 Å². The monoisotopic (exact) mass is 625 g/mol. The molecule has 0 bridgehead atoms. The molecular formula is C26H30F7N5O5. The van der Waals surface area contributed by atoms with E-state index in [1.165, 1.54) is 12.1 Å². The molecule has 1 aromatic carbocycles. The van der Waals surface area contributed by atoms with E-state index in [-0.39, 0.29) is 17.6 Å². The number of aromatic nitrogens is 2. The van der Waals surface area contributed by atoms with Crippen molar-refractivity contribution >= 4 is 23.8 Å². The van der Waals surface area contributed by atoms with Crippen LogP contribution in [0.3, 0.4) is 0 Å². The van der Waals surface area contributed by atoms with Gasteiger partial charge in [-0.15, -0.1) is 0 Å². The standard InChI is InChI=1S/C22H28FN5O.2C2HF3O2/c1-26(2)20(29)22-9-3-12-27(13-17-5-7-19(23)8-6-17)14-18(22)15-28(16-22)21-24-10-4-11-25-21;2*3-2(4,5)1(6)7/h4-8,10-11,18H,3,9,12-16H2,1-2H3;2*(H,6,7)/t18-,22-;;/m0../s1. The Labute approximate surface area is 241 Å². The Kier molecular flexibility index (Phi) is 11.8. The molecule has 4 rings (SSSR count). The molecule has 0 aliphatic carbocycles. The highest BCUT2D eigenvalue weighted by molar-refractivity contribution is 5.84. The van der Waals surface area contributed by atoms with E-state index in [1.807, 2.05) is 32.3 Å². The maximum atomic E-state index is 13.3. The first-order valence-electron chi connectivity index (χ1n) is 12.7. The van der Waals surface area contributed by atoms with E-state index in [0.717, 1.165) is 44.6 Å². The molecule has 2 aliphatic heterocycles. The highest BCUT2D eigenvalue weighted by atomic mass is 19.4. The van der Waals surface area contributed by atoms with Gasteiger partial charge in [-0.05, 0) is 43.1 Å². The molecule has 2 aliphatic rings. The second-order valence-electron chi connectivity index (χ2n) is 10.1. The first kappa shape index (κ1) is 35.2. The first-order chi connectivity index (χ1) is 19.9. The van der Waals surface area contributed by atoms with Crippen molar-refractivity contribution in [1.29, 1.82) is 0 Å². The van der Waals surface area contributed by atoms with Crippen molar-refractivity contribution in [3.05, 3.63) is 54.1 Å². The molecule has 2 aromatic rings. The topological polar surface area (TPSA) is 127 Å². The molecule has 2 N–H and O–H groups in total. The zero-order valence-corrected chi connectivity index (χ0v) is 23.1. The number of amides is 1. The van der Waals surface area contributed by atoms with Crippen LogP contribution in [0.25, 0.3) is 0 Å². The molecule has 0 spiro atoms. The molecule has 0 radical (unpaired) electrons. The van der Waals surface area contributed by atoms with Gasteiger partial charge in [0.25, 0.3) is 0 Å². The Bertz CT molecular complexity index is 1210. The zero-order chi connectivity index (χ0) is 32.6. The second kappa shape index (κ2) is 14.4. The summed E-state index contributed by atoms with van der Waals surface area (Å²) in [6.45, 7) is 3.97. The van der Waals surface area contributed by atoms with Crippen LogP contribution in [0.5, 0.6) is 0 Å². The molecule has 2 saturated heterocycles. The Morgan fingerprint density at radius 2 is 1.47 bits per heavy atom. The number of halogens is 7. The van der Waals surface area contributed by atoms with Gasteiger partial charge in [0, 0.05) is 58.6 Å². The fourth-order valence-corrected chi connectivity index (χ4v) is 4.90. The number of aliphatic carboxylic acids is 2. The maximum absolute atomic E-state index is 13.3. The number of carboxylic acid groups (broad SMARTS) is 2. The molecule has 10 nitrogen and oxygen atoms in total. The largest absolute Gasteiger partial charge is 0.490 e. The number of nitrogens with zero attached hydrogens (tertiary/aromatic N) is 5. The summed E-state index contributed by atoms with van der Waals surface area (Å²) in [4.78, 5) is 46.2. The van der Waals surface area contributed by atoms with Gasteiger partial charge in [-0.3, -0.25) is 9.69 Å². The smallest absolute Gasteiger partial charge is 0.475 e. The predicted octanol–water partition coefficient (Wildman–Crippen LogP) is 3.69. The van der Waals surface area contributed by atoms with Crippen molar-refractivity contribution in [2.24, 2.45) is 11.3 Å². The molecule has 2 fully saturated rings. The summed E-state index contributed by atoms with van der Waals surface area (Å²) in [5.74, 6) is -4.64. The number of benzene rings is 1. The molecule has 43 heavy (non-hydrogen) atoms. The Balaban J connectivity index is 0.000000384. The summed E-state index contributed by atoms with van der Waals surface area (Å²) >= 11 is 0. The highest BCUT2D eigenvalue weighted by Gasteiger charge is 2.54. The number of carboxylic acids is 2. The second-order valence-corrected chi connectivity index (χ2v) is 10.1. The van der Waals surface area contributed by atoms with Crippen LogP contribution >= 0.6 is 0 Å². The third-order valence-electron chi connectivity index (χ3n) is 6.74. The van der Waals surface area contributed by atoms with E-state index >= 15 is 0 Å². The molecule has 0 saturated carbocycles. The predicted molar refractivity (Wildman–Crippen MR) is 137 cm³/mol. The molecule has 1 aromatic heterocycles. The van der Waals surface area contributed by atoms with E-state index in [4.69, 9.17) is 19.8 Å². The number of fused-ring (bicyclic) bond motifs is 1. The molecule has 17 heteroatoms. The van der Waals surface area contributed by atoms with Crippen molar-refractivity contribution < 1.29 is 55.3 Å². The number of carbonyl (C=O) groups is 3. The Morgan fingerprint density at radius 1 is 0.953 bits per heavy atom. The normalized spacial score (nSPS) is 20.4. The third kappa shape index (κ3) is 10.0. The maximum Gasteiger partial charge on any atom is 0.490 e. The van der Waals surface area contributed by atoms with Crippen molar-refractivity contribution in [2.75, 3.05) is 45.2 Å². The van der Waals surface area contributed by atoms with Crippen molar-refractivity contribution in [2.45, 2.75) is 31.7 Å². The van der Waals surface area contributed by atoms with Gasteiger partial charge < -0.3 is 20.0 Å². The minimum atomic E-state index is -5.08. The number of rotatable bonds is 4. The summed E-state index contributed by atoms with van der Waals surface area (Å²) in [7, 11) is 3.69. The Hall–Kier alpha value is -4.02. The van der Waals surface area contributed by atoms with Crippen LogP contribution in [0.4, 0.5) is 36.7 Å². The fourth-order valence-electron chi connectivity index (χ4n) is 4.90. The molecule has 3 heterocycles. The fraction of sp³-hybridized carbons (Fsp3) is 0.500. The van der Waals surface area contributed by atoms with Gasteiger partial charge in [0.1, 0.15) is 5.82 Å². The summed E-state index contributed by atoms with van der Waals surface area (Å²) in [5.41, 5.74) is 0.680. The van der Waals surface area contributed by atoms with Crippen LogP contribution in [-0.2, 0) is 20.9 Å². The Morgan fingerprint density at radius 3 is 1.93 bits per heavy atom. The lowest BCUT2D eigenvalue weighted by atomic mass is 9.74. The van der Waals surface area contributed by atoms with Crippen LogP contribution in [0.15, 0.2) is 42.7 Å². The highest BCUT2D eigenvalue weighted by Crippen LogP contribution is 2.44. The number of hydrogen-bond donors (Lipinski definition) is 2. The van der Waals surface area contributed by atoms with E-state index < -0.39 is 29.7 Å². The van der Waals surface area contributed by atoms with Crippen LogP contribution < -0.4 is 4.90 Å². The molecule has 0 unspecified atom stereocenters. The van der Waals surface area contributed by atoms with E-state index in [9.17, 15) is 35.5 Å². The molecule has 1 amide bonds. The summed E-state index contributed by atoms with van der Waals surface area (Å²) in [6.07, 6.45) is -4.85. The first-order valence-corrected chi connectivity index (χ1v) is 12.7. The van der Waals surface area contributed by atoms with Gasteiger partial charge in [-0.25, -0.2) is 23.9 Å². The lowest BCUT2D eigenvalue weighted by Gasteiger charge is -2.34. The van der Waals surface area contributed by atoms with Crippen molar-refractivity contribution in [1.82, 2.24) is 19.8 Å². The average molecular weight is 626 g/mol. The van der Waals surface area contributed by atoms with E-state index in [0.29, 0.717) is 12.5 Å². The minimum Gasteiger partial charge on any atom is -0.475 e. The SMILES string of the molecule is CN(C)C(=O)[C@]12CCCN(Cc3ccc(F)cc3)C[C@H]1CN(c1ncccn1)C2.O=C(O)C(F)(F)F.O=C(O)C(F)(F)F. The lowest BCUT2D eigenvalue weighted by molar-refractivity contribution is -0.193. The van der Waals surface area contributed by atoms with Crippen LogP contribution in [-0.4, -0.2) is 100 Å². The van der Waals surface area contributed by atoms with Crippen LogP contribution in [0.1, 0.15) is 18.4 Å². The van der Waals surface area contributed by atoms with Crippen LogP contribution in [0, 0.1) is 17.2 Å². The lowest BCUT2D eigenvalue weighted by Crippen LogP contribution is -2.47. The van der Waals surface area contributed by atoms with E-state index in [2.05, 4.69) is 19.8 Å². The number of alkyl halides is 6. The summed E-state index contributed by atoms with van der Waals surface area (Å²) in [5, 5.41) is 14.2. The number of anilines is 1. The van der Waals surface area contributed by atoms with Crippen molar-refractivity contribution in [3.8, 4) is 0 Å². The van der Waals surface area contributed by atoms with Crippen molar-refractivity contribution in [3.63, 3.8) is 0 Å². The number of carbonyl (C=O) groups excluding carboxylic acids is 1. The van der Waals surface area contributed by atoms with Gasteiger partial charge in [-0.1, -0.05) is 12.1 Å². The molecule has 2 atom stereocenters. The van der Waals surface area contributed by atoms with Gasteiger partial charge in [0.2, 0.25) is 11.9 Å². The molecule has 238 valence electrons. The average Bonchev–Trinajstić information content (AvgIpc) is 3.19.